The number of fused-ring (bicyclic) bond motifs is 13. The van der Waals surface area contributed by atoms with Crippen LogP contribution in [-0.4, -0.2) is 23.6 Å². The van der Waals surface area contributed by atoms with Gasteiger partial charge in [-0.05, 0) is 12.1 Å². The molecule has 2 nitrogen and oxygen atoms in total. The van der Waals surface area contributed by atoms with Crippen molar-refractivity contribution in [2.24, 2.45) is 0 Å². The molecule has 0 saturated heterocycles. The van der Waals surface area contributed by atoms with Crippen molar-refractivity contribution in [2.45, 2.75) is 0 Å². The molecule has 3 aromatic heterocycles. The Bertz CT molecular complexity index is 5250. The third-order valence-corrected chi connectivity index (χ3v) is 19.4. The average Bonchev–Trinajstić information content (AvgIpc) is 4.35. The minimum absolute atomic E-state index is 0.0389. The third-order valence-electron chi connectivity index (χ3n) is 16.9. The van der Waals surface area contributed by atoms with Crippen LogP contribution < -0.4 is 0 Å². The van der Waals surface area contributed by atoms with Crippen LogP contribution in [0.4, 0.5) is 0 Å². The fourth-order valence-electron chi connectivity index (χ4n) is 13.8. The molecule has 0 aliphatic carbocycles. The van der Waals surface area contributed by atoms with Crippen LogP contribution in [0.25, 0.3) is 162 Å². The van der Waals surface area contributed by atoms with Gasteiger partial charge in [0, 0.05) is 0 Å². The van der Waals surface area contributed by atoms with Crippen LogP contribution in [0.2, 0.25) is 0 Å². The maximum absolute atomic E-state index is 2.53. The summed E-state index contributed by atoms with van der Waals surface area (Å²) in [6, 6.07) is 104. The summed E-state index contributed by atoms with van der Waals surface area (Å²) in [6.07, 6.45) is 0. The molecular formula is C76H46N2Se. The summed E-state index contributed by atoms with van der Waals surface area (Å²) in [5, 5.41) is 17.9. The first-order chi connectivity index (χ1) is 39.3. The van der Waals surface area contributed by atoms with Crippen molar-refractivity contribution in [2.75, 3.05) is 0 Å². The normalized spacial score (nSPS) is 12.1. The van der Waals surface area contributed by atoms with Crippen LogP contribution in [0.1, 0.15) is 0 Å². The molecule has 0 bridgehead atoms. The zero-order valence-corrected chi connectivity index (χ0v) is 44.6. The molecule has 0 fully saturated rings. The van der Waals surface area contributed by atoms with Crippen LogP contribution in [0.15, 0.2) is 279 Å². The van der Waals surface area contributed by atoms with Crippen molar-refractivity contribution in [3.63, 3.8) is 0 Å². The van der Waals surface area contributed by atoms with Gasteiger partial charge in [0.05, 0.1) is 0 Å². The molecule has 0 aliphatic heterocycles. The van der Waals surface area contributed by atoms with Gasteiger partial charge < -0.3 is 0 Å². The van der Waals surface area contributed by atoms with E-state index < -0.39 is 0 Å². The molecule has 79 heavy (non-hydrogen) atoms. The van der Waals surface area contributed by atoms with Crippen LogP contribution in [0, 0.1) is 0 Å². The van der Waals surface area contributed by atoms with E-state index in [1.165, 1.54) is 151 Å². The number of aromatic nitrogens is 2. The van der Waals surface area contributed by atoms with Crippen molar-refractivity contribution in [3.05, 3.63) is 279 Å². The molecule has 3 heteroatoms. The van der Waals surface area contributed by atoms with E-state index in [1.807, 2.05) is 0 Å². The van der Waals surface area contributed by atoms with Crippen molar-refractivity contribution < 1.29 is 0 Å². The van der Waals surface area contributed by atoms with Gasteiger partial charge in [0.15, 0.2) is 0 Å². The van der Waals surface area contributed by atoms with E-state index in [9.17, 15) is 0 Å². The Morgan fingerprint density at radius 3 is 1.03 bits per heavy atom. The van der Waals surface area contributed by atoms with Crippen LogP contribution in [-0.2, 0) is 0 Å². The molecule has 366 valence electrons. The number of para-hydroxylation sites is 4. The molecule has 0 spiro atoms. The molecular weight excluding hydrogens is 1020 g/mol. The summed E-state index contributed by atoms with van der Waals surface area (Å²) in [5.41, 5.74) is 17.4. The smallest absolute Gasteiger partial charge is 0.0380 e. The Labute approximate surface area is 461 Å². The van der Waals surface area contributed by atoms with Crippen LogP contribution >= 0.6 is 0 Å². The number of hydrogen-bond donors (Lipinski definition) is 0. The Morgan fingerprint density at radius 2 is 0.570 bits per heavy atom. The Kier molecular flexibility index (Phi) is 9.76. The molecule has 0 radical (unpaired) electrons. The number of nitrogens with zero attached hydrogens (tertiary/aromatic N) is 2. The van der Waals surface area contributed by atoms with E-state index >= 15 is 0 Å². The summed E-state index contributed by atoms with van der Waals surface area (Å²) in [6.45, 7) is 0. The molecule has 17 rings (SSSR count). The first-order valence-electron chi connectivity index (χ1n) is 27.3. The summed E-state index contributed by atoms with van der Waals surface area (Å²) in [7, 11) is 0. The summed E-state index contributed by atoms with van der Waals surface area (Å²) in [4.78, 5) is 0. The average molecular weight is 1070 g/mol. The standard InChI is InChI=1S/C76H46N2Se/c1-3-22-48(23-4-1)77-65-40-17-15-34-60(65)74-62(37-20-42-67(74)77)71-53-28-9-7-26-51(53)70(52-27-8-10-29-54(52)71)47-44-45-50-59-36-19-39-64(76(59)79-69(50)46-47)73-57-32-13-11-30-55(57)72(56-31-12-14-33-58(56)73)63-38-21-43-68-75(63)61-35-16-18-41-66(61)78(68)49-24-5-2-6-25-49/h1-46H. The third kappa shape index (κ3) is 6.46. The van der Waals surface area contributed by atoms with E-state index in [1.54, 1.807) is 0 Å². The van der Waals surface area contributed by atoms with E-state index in [-0.39, 0.29) is 14.5 Å². The molecule has 0 amide bonds. The summed E-state index contributed by atoms with van der Waals surface area (Å²) in [5.74, 6) is 0. The van der Waals surface area contributed by atoms with Gasteiger partial charge in [-0.25, -0.2) is 0 Å². The second-order valence-electron chi connectivity index (χ2n) is 21.0. The van der Waals surface area contributed by atoms with Crippen molar-refractivity contribution >= 4 is 120 Å². The van der Waals surface area contributed by atoms with Gasteiger partial charge in [0.25, 0.3) is 0 Å². The minimum atomic E-state index is 0.0389. The van der Waals surface area contributed by atoms with Crippen LogP contribution in [0.5, 0.6) is 0 Å². The molecule has 0 saturated carbocycles. The number of hydrogen-bond acceptors (Lipinski definition) is 0. The Hall–Kier alpha value is -9.76. The first-order valence-corrected chi connectivity index (χ1v) is 29.0. The Morgan fingerprint density at radius 1 is 0.228 bits per heavy atom. The molecule has 3 heterocycles. The monoisotopic (exact) mass is 1070 g/mol. The van der Waals surface area contributed by atoms with Gasteiger partial charge in [-0.15, -0.1) is 0 Å². The predicted molar refractivity (Wildman–Crippen MR) is 339 cm³/mol. The largest absolute Gasteiger partial charge is 0.0602 e. The summed E-state index contributed by atoms with van der Waals surface area (Å²) >= 11 is 0.0389. The summed E-state index contributed by atoms with van der Waals surface area (Å²) < 4.78 is 7.73. The topological polar surface area (TPSA) is 9.86 Å². The molecule has 0 atom stereocenters. The second kappa shape index (κ2) is 17.4. The zero-order chi connectivity index (χ0) is 51.7. The zero-order valence-electron chi connectivity index (χ0n) is 42.9. The van der Waals surface area contributed by atoms with Crippen molar-refractivity contribution in [1.29, 1.82) is 0 Å². The van der Waals surface area contributed by atoms with Gasteiger partial charge in [-0.3, -0.25) is 0 Å². The van der Waals surface area contributed by atoms with Gasteiger partial charge >= 0.3 is 410 Å². The van der Waals surface area contributed by atoms with E-state index in [2.05, 4.69) is 288 Å². The van der Waals surface area contributed by atoms with Gasteiger partial charge in [-0.1, -0.05) is 42.5 Å². The fraction of sp³-hybridized carbons (Fsp3) is 0. The van der Waals surface area contributed by atoms with E-state index in [0.29, 0.717) is 0 Å². The molecule has 0 N–H and O–H groups in total. The SMILES string of the molecule is c1ccc(-n2c3ccccc3c3c(-c4c5ccccc5c(-c5ccc6c(c5)[se]c5c(-c7c8ccccc8c(-c8cccc9c8c8ccccc8n9-c8ccccc8)c8ccccc78)cccc56)c5ccccc45)cccc32)cc1. The maximum Gasteiger partial charge on any atom is -0.0380 e. The molecule has 17 aromatic rings. The molecule has 0 unspecified atom stereocenters. The van der Waals surface area contributed by atoms with Crippen molar-refractivity contribution in [3.8, 4) is 55.9 Å². The number of rotatable bonds is 6. The maximum atomic E-state index is 2.53. The van der Waals surface area contributed by atoms with Gasteiger partial charge in [0.1, 0.15) is 0 Å². The Balaban J connectivity index is 0.871. The molecule has 14 aromatic carbocycles. The first kappa shape index (κ1) is 44.4. The fourth-order valence-corrected chi connectivity index (χ4v) is 16.4. The second-order valence-corrected chi connectivity index (χ2v) is 23.2. The van der Waals surface area contributed by atoms with Gasteiger partial charge in [-0.2, -0.15) is 0 Å². The van der Waals surface area contributed by atoms with E-state index in [0.717, 1.165) is 11.4 Å². The van der Waals surface area contributed by atoms with Gasteiger partial charge in [0.2, 0.25) is 0 Å². The quantitative estimate of drug-likeness (QED) is 0.116. The van der Waals surface area contributed by atoms with E-state index in [4.69, 9.17) is 0 Å². The minimum Gasteiger partial charge on any atom is -0.0602 e. The van der Waals surface area contributed by atoms with Crippen molar-refractivity contribution in [1.82, 2.24) is 9.13 Å². The van der Waals surface area contributed by atoms with Crippen LogP contribution in [0.3, 0.4) is 0 Å². The number of benzene rings is 14. The predicted octanol–water partition coefficient (Wildman–Crippen LogP) is 20.5. The molecule has 0 aliphatic rings.